The second-order valence-corrected chi connectivity index (χ2v) is 4.91. The predicted molar refractivity (Wildman–Crippen MR) is 70.6 cm³/mol. The fourth-order valence-corrected chi connectivity index (χ4v) is 1.55. The smallest absolute Gasteiger partial charge is 0.237 e. The normalized spacial score (nSPS) is 14.5. The van der Waals surface area contributed by atoms with Crippen LogP contribution in [0.5, 0.6) is 0 Å². The first-order valence-corrected chi connectivity index (χ1v) is 6.67. The number of rotatable bonds is 11. The number of carbonyl (C=O) groups excluding carboxylic acids is 1. The highest BCUT2D eigenvalue weighted by molar-refractivity contribution is 5.83. The van der Waals surface area contributed by atoms with Crippen molar-refractivity contribution in [3.63, 3.8) is 0 Å². The minimum absolute atomic E-state index is 0.432. The molecule has 1 atom stereocenters. The van der Waals surface area contributed by atoms with E-state index in [1.807, 2.05) is 0 Å². The van der Waals surface area contributed by atoms with Gasteiger partial charge in [-0.1, -0.05) is 26.2 Å². The molecular formula is C13H28N2O2. The van der Waals surface area contributed by atoms with Gasteiger partial charge in [0.2, 0.25) is 5.91 Å². The van der Waals surface area contributed by atoms with Crippen molar-refractivity contribution in [2.75, 3.05) is 13.2 Å². The first kappa shape index (κ1) is 16.4. The second kappa shape index (κ2) is 9.42. The van der Waals surface area contributed by atoms with Crippen molar-refractivity contribution in [3.05, 3.63) is 0 Å². The summed E-state index contributed by atoms with van der Waals surface area (Å²) in [6, 6.07) is 0. The molecule has 0 saturated carbocycles. The predicted octanol–water partition coefficient (Wildman–Crippen LogP) is 1.96. The molecule has 0 aliphatic heterocycles. The van der Waals surface area contributed by atoms with Crippen molar-refractivity contribution in [1.29, 1.82) is 0 Å². The number of nitrogens with two attached hydrogens (primary N) is 2. The number of carbonyl (C=O) groups is 1. The van der Waals surface area contributed by atoms with Crippen molar-refractivity contribution >= 4 is 5.91 Å². The van der Waals surface area contributed by atoms with Crippen molar-refractivity contribution in [2.24, 2.45) is 11.5 Å². The molecule has 0 aromatic heterocycles. The van der Waals surface area contributed by atoms with Crippen LogP contribution in [0.1, 0.15) is 58.8 Å². The molecule has 0 rings (SSSR count). The zero-order valence-electron chi connectivity index (χ0n) is 11.3. The fourth-order valence-electron chi connectivity index (χ4n) is 1.55. The first-order chi connectivity index (χ1) is 8.00. The second-order valence-electron chi connectivity index (χ2n) is 4.91. The Morgan fingerprint density at radius 2 is 1.71 bits per heavy atom. The largest absolute Gasteiger partial charge is 0.381 e. The van der Waals surface area contributed by atoms with Crippen LogP contribution in [0.15, 0.2) is 0 Å². The summed E-state index contributed by atoms with van der Waals surface area (Å²) < 4.78 is 5.50. The van der Waals surface area contributed by atoms with Gasteiger partial charge in [0.25, 0.3) is 0 Å². The van der Waals surface area contributed by atoms with Gasteiger partial charge < -0.3 is 16.2 Å². The van der Waals surface area contributed by atoms with E-state index in [1.54, 1.807) is 6.92 Å². The van der Waals surface area contributed by atoms with Gasteiger partial charge in [-0.25, -0.2) is 0 Å². The zero-order valence-corrected chi connectivity index (χ0v) is 11.3. The molecule has 1 amide bonds. The average molecular weight is 244 g/mol. The Hall–Kier alpha value is -0.610. The molecule has 0 aliphatic carbocycles. The standard InChI is InChI=1S/C13H28N2O2/c1-3-4-5-7-10-17-11-8-6-9-13(2,15)12(14)16/h3-11,15H2,1-2H3,(H2,14,16). The van der Waals surface area contributed by atoms with Gasteiger partial charge >= 0.3 is 0 Å². The Morgan fingerprint density at radius 1 is 1.12 bits per heavy atom. The Balaban J connectivity index is 3.27. The van der Waals surface area contributed by atoms with Crippen molar-refractivity contribution in [3.8, 4) is 0 Å². The maximum absolute atomic E-state index is 11.0. The Labute approximate surface area is 105 Å². The maximum Gasteiger partial charge on any atom is 0.237 e. The maximum atomic E-state index is 11.0. The summed E-state index contributed by atoms with van der Waals surface area (Å²) in [5, 5.41) is 0. The van der Waals surface area contributed by atoms with Gasteiger partial charge in [-0.2, -0.15) is 0 Å². The van der Waals surface area contributed by atoms with Gasteiger partial charge in [0.05, 0.1) is 5.54 Å². The molecule has 1 unspecified atom stereocenters. The lowest BCUT2D eigenvalue weighted by molar-refractivity contribution is -0.122. The van der Waals surface area contributed by atoms with Gasteiger partial charge in [0, 0.05) is 13.2 Å². The topological polar surface area (TPSA) is 78.3 Å². The van der Waals surface area contributed by atoms with E-state index in [4.69, 9.17) is 16.2 Å². The molecule has 0 aromatic rings. The zero-order chi connectivity index (χ0) is 13.1. The summed E-state index contributed by atoms with van der Waals surface area (Å²) in [5.74, 6) is -0.432. The third-order valence-electron chi connectivity index (χ3n) is 2.94. The summed E-state index contributed by atoms with van der Waals surface area (Å²) in [4.78, 5) is 11.0. The fraction of sp³-hybridized carbons (Fsp3) is 0.923. The van der Waals surface area contributed by atoms with E-state index in [0.29, 0.717) is 6.42 Å². The van der Waals surface area contributed by atoms with E-state index < -0.39 is 11.4 Å². The van der Waals surface area contributed by atoms with Gasteiger partial charge in [-0.3, -0.25) is 4.79 Å². The molecule has 102 valence electrons. The third kappa shape index (κ3) is 9.12. The summed E-state index contributed by atoms with van der Waals surface area (Å²) in [5.41, 5.74) is 10.1. The lowest BCUT2D eigenvalue weighted by Gasteiger charge is -2.19. The Bertz CT molecular complexity index is 206. The van der Waals surface area contributed by atoms with Crippen LogP contribution in [0, 0.1) is 0 Å². The van der Waals surface area contributed by atoms with Crippen molar-refractivity contribution in [1.82, 2.24) is 0 Å². The van der Waals surface area contributed by atoms with E-state index >= 15 is 0 Å². The summed E-state index contributed by atoms with van der Waals surface area (Å²) in [7, 11) is 0. The van der Waals surface area contributed by atoms with Crippen LogP contribution < -0.4 is 11.5 Å². The summed E-state index contributed by atoms with van der Waals surface area (Å²) in [6.45, 7) is 5.47. The van der Waals surface area contributed by atoms with Crippen LogP contribution in [0.25, 0.3) is 0 Å². The number of hydrogen-bond donors (Lipinski definition) is 2. The van der Waals surface area contributed by atoms with Gasteiger partial charge in [-0.15, -0.1) is 0 Å². The van der Waals surface area contributed by atoms with Crippen LogP contribution in [0.2, 0.25) is 0 Å². The van der Waals surface area contributed by atoms with E-state index in [-0.39, 0.29) is 0 Å². The molecule has 0 radical (unpaired) electrons. The molecule has 0 heterocycles. The Morgan fingerprint density at radius 3 is 2.24 bits per heavy atom. The Kier molecular flexibility index (Phi) is 9.09. The number of hydrogen-bond acceptors (Lipinski definition) is 3. The van der Waals surface area contributed by atoms with Crippen LogP contribution in [-0.4, -0.2) is 24.7 Å². The van der Waals surface area contributed by atoms with Gasteiger partial charge in [-0.05, 0) is 32.6 Å². The molecule has 0 bridgehead atoms. The third-order valence-corrected chi connectivity index (χ3v) is 2.94. The summed E-state index contributed by atoms with van der Waals surface area (Å²) in [6.07, 6.45) is 7.37. The minimum Gasteiger partial charge on any atom is -0.381 e. The SMILES string of the molecule is CCCCCCOCCCCC(C)(N)C(N)=O. The highest BCUT2D eigenvalue weighted by Crippen LogP contribution is 2.10. The number of primary amides is 1. The molecule has 0 aliphatic rings. The average Bonchev–Trinajstić information content (AvgIpc) is 2.26. The lowest BCUT2D eigenvalue weighted by Crippen LogP contribution is -2.49. The highest BCUT2D eigenvalue weighted by atomic mass is 16.5. The van der Waals surface area contributed by atoms with Crippen LogP contribution in [-0.2, 0) is 9.53 Å². The van der Waals surface area contributed by atoms with Gasteiger partial charge in [0.1, 0.15) is 0 Å². The van der Waals surface area contributed by atoms with E-state index in [9.17, 15) is 4.79 Å². The molecule has 0 fully saturated rings. The van der Waals surface area contributed by atoms with E-state index in [2.05, 4.69) is 6.92 Å². The van der Waals surface area contributed by atoms with E-state index in [1.165, 1.54) is 19.3 Å². The van der Waals surface area contributed by atoms with Crippen LogP contribution in [0.4, 0.5) is 0 Å². The first-order valence-electron chi connectivity index (χ1n) is 6.67. The highest BCUT2D eigenvalue weighted by Gasteiger charge is 2.24. The molecule has 4 nitrogen and oxygen atoms in total. The van der Waals surface area contributed by atoms with Gasteiger partial charge in [0.15, 0.2) is 0 Å². The molecule has 4 N–H and O–H groups in total. The van der Waals surface area contributed by atoms with Crippen molar-refractivity contribution < 1.29 is 9.53 Å². The van der Waals surface area contributed by atoms with Crippen molar-refractivity contribution in [2.45, 2.75) is 64.3 Å². The monoisotopic (exact) mass is 244 g/mol. The quantitative estimate of drug-likeness (QED) is 0.545. The van der Waals surface area contributed by atoms with Crippen LogP contribution in [0.3, 0.4) is 0 Å². The molecule has 17 heavy (non-hydrogen) atoms. The summed E-state index contributed by atoms with van der Waals surface area (Å²) >= 11 is 0. The molecule has 0 saturated heterocycles. The van der Waals surface area contributed by atoms with Crippen LogP contribution >= 0.6 is 0 Å². The molecule has 0 spiro atoms. The lowest BCUT2D eigenvalue weighted by atomic mass is 9.96. The minimum atomic E-state index is -0.874. The molecular weight excluding hydrogens is 216 g/mol. The number of unbranched alkanes of at least 4 members (excludes halogenated alkanes) is 4. The number of amides is 1. The molecule has 4 heteroatoms. The molecule has 0 aromatic carbocycles. The number of ether oxygens (including phenoxy) is 1. The van der Waals surface area contributed by atoms with E-state index in [0.717, 1.165) is 32.5 Å².